The van der Waals surface area contributed by atoms with Crippen LogP contribution in [-0.4, -0.2) is 9.55 Å². The molecule has 0 aliphatic rings. The van der Waals surface area contributed by atoms with Gasteiger partial charge in [-0.25, -0.2) is 4.98 Å². The highest BCUT2D eigenvalue weighted by Gasteiger charge is 2.18. The van der Waals surface area contributed by atoms with E-state index in [1.807, 2.05) is 12.1 Å². The molecule has 1 heterocycles. The Balaban J connectivity index is 2.59. The van der Waals surface area contributed by atoms with E-state index in [4.69, 9.17) is 33.9 Å². The fourth-order valence-corrected chi connectivity index (χ4v) is 2.90. The van der Waals surface area contributed by atoms with Gasteiger partial charge in [-0.3, -0.25) is 0 Å². The summed E-state index contributed by atoms with van der Waals surface area (Å²) >= 11 is 12.1. The van der Waals surface area contributed by atoms with Crippen molar-refractivity contribution < 1.29 is 0 Å². The van der Waals surface area contributed by atoms with E-state index in [-0.39, 0.29) is 6.04 Å². The molecule has 1 aromatic carbocycles. The maximum Gasteiger partial charge on any atom is 0.131 e. The van der Waals surface area contributed by atoms with E-state index >= 15 is 0 Å². The van der Waals surface area contributed by atoms with Gasteiger partial charge in [0.1, 0.15) is 17.3 Å². The second-order valence-electron chi connectivity index (χ2n) is 5.13. The third kappa shape index (κ3) is 2.94. The van der Waals surface area contributed by atoms with Crippen LogP contribution in [0.15, 0.2) is 18.2 Å². The lowest BCUT2D eigenvalue weighted by atomic mass is 10.1. The van der Waals surface area contributed by atoms with Crippen molar-refractivity contribution in [3.63, 3.8) is 0 Å². The van der Waals surface area contributed by atoms with E-state index in [9.17, 15) is 0 Å². The quantitative estimate of drug-likeness (QED) is 0.866. The molecule has 108 valence electrons. The number of rotatable bonds is 4. The van der Waals surface area contributed by atoms with Gasteiger partial charge in [-0.1, -0.05) is 30.1 Å². The van der Waals surface area contributed by atoms with Crippen LogP contribution in [0.2, 0.25) is 10.0 Å². The summed E-state index contributed by atoms with van der Waals surface area (Å²) in [4.78, 5) is 4.69. The number of halogens is 2. The largest absolute Gasteiger partial charge is 0.383 e. The normalized spacial score (nSPS) is 11.3. The number of benzene rings is 1. The SMILES string of the molecule is CCCc1nc(-c2cc(Cl)cc(Cl)c2)c(N)n1C(C)C. The van der Waals surface area contributed by atoms with Gasteiger partial charge in [-0.2, -0.15) is 0 Å². The Kier molecular flexibility index (Phi) is 4.61. The van der Waals surface area contributed by atoms with Gasteiger partial charge in [-0.15, -0.1) is 0 Å². The highest BCUT2D eigenvalue weighted by atomic mass is 35.5. The Bertz CT molecular complexity index is 598. The van der Waals surface area contributed by atoms with Gasteiger partial charge in [0.2, 0.25) is 0 Å². The first-order chi connectivity index (χ1) is 9.43. The molecular formula is C15H19Cl2N3. The minimum absolute atomic E-state index is 0.271. The van der Waals surface area contributed by atoms with Crippen molar-refractivity contribution in [2.24, 2.45) is 0 Å². The van der Waals surface area contributed by atoms with Gasteiger partial charge in [-0.05, 0) is 38.5 Å². The number of hydrogen-bond acceptors (Lipinski definition) is 2. The van der Waals surface area contributed by atoms with Crippen LogP contribution in [0.5, 0.6) is 0 Å². The van der Waals surface area contributed by atoms with E-state index in [1.165, 1.54) is 0 Å². The topological polar surface area (TPSA) is 43.8 Å². The second kappa shape index (κ2) is 6.06. The Morgan fingerprint density at radius 2 is 1.80 bits per heavy atom. The molecular weight excluding hydrogens is 293 g/mol. The molecule has 0 saturated heterocycles. The number of imidazole rings is 1. The third-order valence-corrected chi connectivity index (χ3v) is 3.58. The molecule has 0 radical (unpaired) electrons. The maximum atomic E-state index is 6.28. The molecule has 2 rings (SSSR count). The van der Waals surface area contributed by atoms with Gasteiger partial charge in [0.25, 0.3) is 0 Å². The Morgan fingerprint density at radius 1 is 1.20 bits per heavy atom. The number of aryl methyl sites for hydroxylation is 1. The maximum absolute atomic E-state index is 6.28. The summed E-state index contributed by atoms with van der Waals surface area (Å²) in [6.07, 6.45) is 1.93. The number of hydrogen-bond donors (Lipinski definition) is 1. The average molecular weight is 312 g/mol. The summed E-state index contributed by atoms with van der Waals surface area (Å²) in [7, 11) is 0. The average Bonchev–Trinajstić information content (AvgIpc) is 2.65. The molecule has 5 heteroatoms. The van der Waals surface area contributed by atoms with Crippen LogP contribution in [0.25, 0.3) is 11.3 Å². The van der Waals surface area contributed by atoms with E-state index in [0.29, 0.717) is 15.9 Å². The Labute approximate surface area is 129 Å². The van der Waals surface area contributed by atoms with E-state index in [2.05, 4.69) is 25.3 Å². The molecule has 0 bridgehead atoms. The second-order valence-corrected chi connectivity index (χ2v) is 6.01. The zero-order valence-electron chi connectivity index (χ0n) is 12.0. The lowest BCUT2D eigenvalue weighted by Crippen LogP contribution is -2.09. The van der Waals surface area contributed by atoms with Crippen LogP contribution in [0.3, 0.4) is 0 Å². The summed E-state index contributed by atoms with van der Waals surface area (Å²) in [5.74, 6) is 1.67. The van der Waals surface area contributed by atoms with E-state index < -0.39 is 0 Å². The van der Waals surface area contributed by atoms with Crippen molar-refractivity contribution in [2.75, 3.05) is 5.73 Å². The highest BCUT2D eigenvalue weighted by Crippen LogP contribution is 2.32. The Morgan fingerprint density at radius 3 is 2.30 bits per heavy atom. The van der Waals surface area contributed by atoms with Crippen LogP contribution in [0.1, 0.15) is 39.1 Å². The van der Waals surface area contributed by atoms with Gasteiger partial charge in [0.05, 0.1) is 0 Å². The third-order valence-electron chi connectivity index (χ3n) is 3.15. The standard InChI is InChI=1S/C15H19Cl2N3/c1-4-5-13-19-14(15(18)20(13)9(2)3)10-6-11(16)8-12(17)7-10/h6-9H,4-5,18H2,1-3H3. The minimum atomic E-state index is 0.271. The molecule has 0 saturated carbocycles. The van der Waals surface area contributed by atoms with Crippen molar-refractivity contribution in [3.05, 3.63) is 34.1 Å². The van der Waals surface area contributed by atoms with Crippen molar-refractivity contribution in [2.45, 2.75) is 39.7 Å². The zero-order valence-corrected chi connectivity index (χ0v) is 13.5. The summed E-state index contributed by atoms with van der Waals surface area (Å²) in [6, 6.07) is 5.65. The van der Waals surface area contributed by atoms with Gasteiger partial charge < -0.3 is 10.3 Å². The first-order valence-corrected chi connectivity index (χ1v) is 7.52. The smallest absolute Gasteiger partial charge is 0.131 e. The van der Waals surface area contributed by atoms with Crippen molar-refractivity contribution in [3.8, 4) is 11.3 Å². The van der Waals surface area contributed by atoms with Crippen LogP contribution >= 0.6 is 23.2 Å². The first-order valence-electron chi connectivity index (χ1n) is 6.77. The molecule has 3 nitrogen and oxygen atoms in total. The fourth-order valence-electron chi connectivity index (χ4n) is 2.37. The predicted molar refractivity (Wildman–Crippen MR) is 86.5 cm³/mol. The zero-order chi connectivity index (χ0) is 14.9. The number of aromatic nitrogens is 2. The van der Waals surface area contributed by atoms with Crippen LogP contribution < -0.4 is 5.73 Å². The molecule has 20 heavy (non-hydrogen) atoms. The van der Waals surface area contributed by atoms with Crippen LogP contribution in [0, 0.1) is 0 Å². The van der Waals surface area contributed by atoms with Crippen molar-refractivity contribution >= 4 is 29.0 Å². The number of nitrogen functional groups attached to an aromatic ring is 1. The van der Waals surface area contributed by atoms with Crippen LogP contribution in [-0.2, 0) is 6.42 Å². The van der Waals surface area contributed by atoms with Crippen molar-refractivity contribution in [1.29, 1.82) is 0 Å². The fraction of sp³-hybridized carbons (Fsp3) is 0.400. The van der Waals surface area contributed by atoms with Crippen LogP contribution in [0.4, 0.5) is 5.82 Å². The van der Waals surface area contributed by atoms with Gasteiger partial charge >= 0.3 is 0 Å². The lowest BCUT2D eigenvalue weighted by Gasteiger charge is -2.13. The number of nitrogens with two attached hydrogens (primary N) is 1. The van der Waals surface area contributed by atoms with Gasteiger partial charge in [0.15, 0.2) is 0 Å². The molecule has 0 fully saturated rings. The summed E-state index contributed by atoms with van der Waals surface area (Å²) in [5, 5.41) is 1.17. The summed E-state index contributed by atoms with van der Waals surface area (Å²) in [6.45, 7) is 6.34. The first kappa shape index (κ1) is 15.2. The molecule has 0 aliphatic carbocycles. The predicted octanol–water partition coefficient (Wildman–Crippen LogP) is 4.97. The highest BCUT2D eigenvalue weighted by molar-refractivity contribution is 6.35. The molecule has 0 spiro atoms. The van der Waals surface area contributed by atoms with Crippen molar-refractivity contribution in [1.82, 2.24) is 9.55 Å². The molecule has 2 N–H and O–H groups in total. The molecule has 0 atom stereocenters. The number of anilines is 1. The monoisotopic (exact) mass is 311 g/mol. The minimum Gasteiger partial charge on any atom is -0.383 e. The van der Waals surface area contributed by atoms with Gasteiger partial charge in [0, 0.05) is 28.1 Å². The molecule has 2 aromatic rings. The molecule has 1 aromatic heterocycles. The summed E-state index contributed by atoms with van der Waals surface area (Å²) < 4.78 is 2.08. The van der Waals surface area contributed by atoms with E-state index in [0.717, 1.165) is 29.9 Å². The Hall–Kier alpha value is -1.19. The molecule has 0 amide bonds. The molecule has 0 unspecified atom stereocenters. The summed E-state index contributed by atoms with van der Waals surface area (Å²) in [5.41, 5.74) is 7.90. The molecule has 0 aliphatic heterocycles. The number of nitrogens with zero attached hydrogens (tertiary/aromatic N) is 2. The van der Waals surface area contributed by atoms with E-state index in [1.54, 1.807) is 6.07 Å². The lowest BCUT2D eigenvalue weighted by molar-refractivity contribution is 0.571.